The molecule has 1 saturated heterocycles. The first-order valence-electron chi connectivity index (χ1n) is 8.78. The minimum atomic E-state index is -1.09. The average molecular weight is 366 g/mol. The second kappa shape index (κ2) is 7.43. The van der Waals surface area contributed by atoms with Gasteiger partial charge in [0.15, 0.2) is 0 Å². The van der Waals surface area contributed by atoms with E-state index in [1.165, 1.54) is 7.11 Å². The summed E-state index contributed by atoms with van der Waals surface area (Å²) < 4.78 is 4.91. The van der Waals surface area contributed by atoms with Crippen LogP contribution in [0.5, 0.6) is 0 Å². The van der Waals surface area contributed by atoms with Crippen LogP contribution in [0.1, 0.15) is 43.5 Å². The number of rotatable bonds is 5. The van der Waals surface area contributed by atoms with Gasteiger partial charge >= 0.3 is 0 Å². The number of carbonyl (C=O) groups is 2. The molecule has 6 nitrogen and oxygen atoms in total. The van der Waals surface area contributed by atoms with Gasteiger partial charge in [-0.25, -0.2) is 0 Å². The van der Waals surface area contributed by atoms with E-state index in [4.69, 9.17) is 4.74 Å². The zero-order valence-corrected chi connectivity index (χ0v) is 15.6. The van der Waals surface area contributed by atoms with Gasteiger partial charge in [-0.3, -0.25) is 9.59 Å². The summed E-state index contributed by atoms with van der Waals surface area (Å²) in [6.45, 7) is 2.17. The van der Waals surface area contributed by atoms with Crippen molar-refractivity contribution in [1.82, 2.24) is 10.2 Å². The van der Waals surface area contributed by atoms with E-state index in [0.29, 0.717) is 13.0 Å². The van der Waals surface area contributed by atoms with Crippen LogP contribution >= 0.6 is 11.3 Å². The molecule has 3 unspecified atom stereocenters. The minimum Gasteiger partial charge on any atom is -0.388 e. The fourth-order valence-corrected chi connectivity index (χ4v) is 4.53. The van der Waals surface area contributed by atoms with E-state index in [2.05, 4.69) is 5.32 Å². The molecular weight excluding hydrogens is 340 g/mol. The summed E-state index contributed by atoms with van der Waals surface area (Å²) in [6.07, 6.45) is 3.40. The number of hydrogen-bond acceptors (Lipinski definition) is 5. The van der Waals surface area contributed by atoms with E-state index in [1.54, 1.807) is 18.3 Å². The summed E-state index contributed by atoms with van der Waals surface area (Å²) >= 11 is 1.55. The largest absolute Gasteiger partial charge is 0.388 e. The fourth-order valence-electron chi connectivity index (χ4n) is 3.66. The van der Waals surface area contributed by atoms with E-state index < -0.39 is 11.6 Å². The molecule has 1 aliphatic heterocycles. The van der Waals surface area contributed by atoms with Crippen molar-refractivity contribution in [1.29, 1.82) is 0 Å². The normalized spacial score (nSPS) is 30.0. The third kappa shape index (κ3) is 3.73. The number of nitrogens with zero attached hydrogens (tertiary/aromatic N) is 1. The number of nitrogens with one attached hydrogen (secondary N) is 1. The second-order valence-corrected chi connectivity index (χ2v) is 8.18. The maximum Gasteiger partial charge on any atom is 0.246 e. The van der Waals surface area contributed by atoms with E-state index in [0.717, 1.165) is 24.1 Å². The lowest BCUT2D eigenvalue weighted by Gasteiger charge is -2.50. The van der Waals surface area contributed by atoms with Gasteiger partial charge in [0.05, 0.1) is 17.7 Å². The molecule has 0 spiro atoms. The highest BCUT2D eigenvalue weighted by atomic mass is 32.1. The van der Waals surface area contributed by atoms with Gasteiger partial charge < -0.3 is 20.1 Å². The molecule has 2 amide bonds. The first kappa shape index (κ1) is 18.4. The first-order valence-corrected chi connectivity index (χ1v) is 9.66. The summed E-state index contributed by atoms with van der Waals surface area (Å²) in [7, 11) is 1.46. The molecule has 3 atom stereocenters. The van der Waals surface area contributed by atoms with Gasteiger partial charge in [-0.15, -0.1) is 11.3 Å². The molecule has 0 radical (unpaired) electrons. The van der Waals surface area contributed by atoms with E-state index in [-0.39, 0.29) is 30.4 Å². The van der Waals surface area contributed by atoms with E-state index in [9.17, 15) is 14.7 Å². The lowest BCUT2D eigenvalue weighted by atomic mass is 9.79. The van der Waals surface area contributed by atoms with Gasteiger partial charge in [-0.2, -0.15) is 0 Å². The van der Waals surface area contributed by atoms with Crippen LogP contribution in [0.15, 0.2) is 17.5 Å². The zero-order valence-electron chi connectivity index (χ0n) is 14.7. The van der Waals surface area contributed by atoms with Crippen LogP contribution in [0.4, 0.5) is 0 Å². The predicted octanol–water partition coefficient (Wildman–Crippen LogP) is 1.70. The summed E-state index contributed by atoms with van der Waals surface area (Å²) in [5, 5.41) is 15.8. The predicted molar refractivity (Wildman–Crippen MR) is 95.2 cm³/mol. The number of piperidine rings is 1. The highest BCUT2D eigenvalue weighted by molar-refractivity contribution is 7.10. The van der Waals surface area contributed by atoms with E-state index >= 15 is 0 Å². The van der Waals surface area contributed by atoms with Crippen molar-refractivity contribution in [2.45, 2.75) is 50.3 Å². The highest BCUT2D eigenvalue weighted by Gasteiger charge is 2.49. The Morgan fingerprint density at radius 2 is 2.24 bits per heavy atom. The second-order valence-electron chi connectivity index (χ2n) is 7.21. The number of aliphatic hydroxyl groups is 1. The van der Waals surface area contributed by atoms with Crippen LogP contribution in [0.3, 0.4) is 0 Å². The quantitative estimate of drug-likeness (QED) is 0.831. The van der Waals surface area contributed by atoms with Gasteiger partial charge in [-0.1, -0.05) is 12.5 Å². The topological polar surface area (TPSA) is 78.9 Å². The molecule has 0 bridgehead atoms. The monoisotopic (exact) mass is 366 g/mol. The standard InChI is InChI=1S/C18H26N2O4S/c1-18(23)8-9-20(17(22)12-5-3-6-12)15(13-7-4-10-25-13)16(18)19-14(21)11-24-2/h4,7,10,12,15-16,23H,3,5-6,8-9,11H2,1-2H3,(H,19,21). The van der Waals surface area contributed by atoms with Crippen molar-refractivity contribution in [3.63, 3.8) is 0 Å². The van der Waals surface area contributed by atoms with Crippen LogP contribution in [0.2, 0.25) is 0 Å². The molecule has 0 aromatic carbocycles. The average Bonchev–Trinajstić information content (AvgIpc) is 3.01. The Morgan fingerprint density at radius 3 is 2.80 bits per heavy atom. The van der Waals surface area contributed by atoms with Crippen LogP contribution in [0.25, 0.3) is 0 Å². The summed E-state index contributed by atoms with van der Waals surface area (Å²) in [4.78, 5) is 28.0. The van der Waals surface area contributed by atoms with Crippen molar-refractivity contribution < 1.29 is 19.4 Å². The third-order valence-corrected chi connectivity index (χ3v) is 6.29. The number of thiophene rings is 1. The number of methoxy groups -OCH3 is 1. The Balaban J connectivity index is 1.91. The molecule has 25 heavy (non-hydrogen) atoms. The molecule has 2 heterocycles. The summed E-state index contributed by atoms with van der Waals surface area (Å²) in [5.74, 6) is -0.0562. The lowest BCUT2D eigenvalue weighted by molar-refractivity contribution is -0.152. The molecule has 138 valence electrons. The van der Waals surface area contributed by atoms with Gasteiger partial charge in [0, 0.05) is 24.4 Å². The molecule has 1 aliphatic carbocycles. The van der Waals surface area contributed by atoms with E-state index in [1.807, 2.05) is 22.4 Å². The molecule has 1 aromatic heterocycles. The molecule has 2 N–H and O–H groups in total. The number of carbonyl (C=O) groups excluding carboxylic acids is 2. The van der Waals surface area contributed by atoms with Gasteiger partial charge in [0.1, 0.15) is 6.61 Å². The van der Waals surface area contributed by atoms with Gasteiger partial charge in [-0.05, 0) is 37.6 Å². The Labute approximate surface area is 152 Å². The number of likely N-dealkylation sites (tertiary alicyclic amines) is 1. The summed E-state index contributed by atoms with van der Waals surface area (Å²) in [5.41, 5.74) is -1.09. The van der Waals surface area contributed by atoms with Crippen molar-refractivity contribution in [2.24, 2.45) is 5.92 Å². The maximum absolute atomic E-state index is 13.0. The molecule has 1 saturated carbocycles. The van der Waals surface area contributed by atoms with Gasteiger partial charge in [0.2, 0.25) is 11.8 Å². The summed E-state index contributed by atoms with van der Waals surface area (Å²) in [6, 6.07) is 2.99. The van der Waals surface area contributed by atoms with Gasteiger partial charge in [0.25, 0.3) is 0 Å². The van der Waals surface area contributed by atoms with Crippen LogP contribution in [-0.4, -0.2) is 53.7 Å². The first-order chi connectivity index (χ1) is 11.9. The van der Waals surface area contributed by atoms with Crippen molar-refractivity contribution >= 4 is 23.2 Å². The lowest BCUT2D eigenvalue weighted by Crippen LogP contribution is -2.64. The third-order valence-electron chi connectivity index (χ3n) is 5.34. The van der Waals surface area contributed by atoms with Crippen LogP contribution in [-0.2, 0) is 14.3 Å². The Hall–Kier alpha value is -1.44. The molecule has 2 fully saturated rings. The number of amides is 2. The fraction of sp³-hybridized carbons (Fsp3) is 0.667. The molecular formula is C18H26N2O4S. The SMILES string of the molecule is COCC(=O)NC1C(c2cccs2)N(C(=O)C2CCC2)CCC1(C)O. The zero-order chi connectivity index (χ0) is 18.0. The smallest absolute Gasteiger partial charge is 0.246 e. The Bertz CT molecular complexity index is 613. The minimum absolute atomic E-state index is 0.0691. The highest BCUT2D eigenvalue weighted by Crippen LogP contribution is 2.41. The molecule has 2 aliphatic rings. The number of ether oxygens (including phenoxy) is 1. The Kier molecular flexibility index (Phi) is 5.46. The molecule has 7 heteroatoms. The Morgan fingerprint density at radius 1 is 1.48 bits per heavy atom. The number of hydrogen-bond donors (Lipinski definition) is 2. The van der Waals surface area contributed by atoms with Crippen molar-refractivity contribution in [3.05, 3.63) is 22.4 Å². The van der Waals surface area contributed by atoms with Crippen molar-refractivity contribution in [3.8, 4) is 0 Å². The molecule has 3 rings (SSSR count). The molecule has 1 aromatic rings. The maximum atomic E-state index is 13.0. The van der Waals surface area contributed by atoms with Crippen LogP contribution in [0, 0.1) is 5.92 Å². The van der Waals surface area contributed by atoms with Crippen LogP contribution < -0.4 is 5.32 Å². The van der Waals surface area contributed by atoms with Crippen molar-refractivity contribution in [2.75, 3.05) is 20.3 Å².